The molecule has 5 heteroatoms. The topological polar surface area (TPSA) is 79.5 Å². The Labute approximate surface area is 126 Å². The number of hydrogen-bond donors (Lipinski definition) is 2. The number of aromatic nitrogens is 1. The van der Waals surface area contributed by atoms with E-state index in [0.29, 0.717) is 6.54 Å². The SMILES string of the molecule is O=C(O)c1cccc(Cn2ccc3cc(C(=O)O)ccc32)c1. The molecule has 0 amide bonds. The third-order valence-electron chi connectivity index (χ3n) is 3.54. The molecule has 0 aliphatic carbocycles. The highest BCUT2D eigenvalue weighted by molar-refractivity contribution is 5.93. The molecule has 0 atom stereocenters. The maximum atomic E-state index is 11.0. The first kappa shape index (κ1) is 13.9. The molecule has 0 bridgehead atoms. The number of nitrogens with zero attached hydrogens (tertiary/aromatic N) is 1. The maximum Gasteiger partial charge on any atom is 0.335 e. The van der Waals surface area contributed by atoms with Gasteiger partial charge in [-0.25, -0.2) is 9.59 Å². The van der Waals surface area contributed by atoms with E-state index < -0.39 is 11.9 Å². The molecule has 2 N–H and O–H groups in total. The van der Waals surface area contributed by atoms with Gasteiger partial charge in [0.2, 0.25) is 0 Å². The summed E-state index contributed by atoms with van der Waals surface area (Å²) in [4.78, 5) is 22.0. The first-order valence-corrected chi connectivity index (χ1v) is 6.69. The van der Waals surface area contributed by atoms with Crippen molar-refractivity contribution in [2.24, 2.45) is 0 Å². The molecule has 0 unspecified atom stereocenters. The van der Waals surface area contributed by atoms with Gasteiger partial charge in [0.15, 0.2) is 0 Å². The molecule has 0 aliphatic rings. The van der Waals surface area contributed by atoms with E-state index in [1.807, 2.05) is 22.9 Å². The second-order valence-electron chi connectivity index (χ2n) is 5.03. The van der Waals surface area contributed by atoms with Crippen molar-refractivity contribution < 1.29 is 19.8 Å². The highest BCUT2D eigenvalue weighted by Gasteiger charge is 2.08. The van der Waals surface area contributed by atoms with Crippen molar-refractivity contribution in [2.75, 3.05) is 0 Å². The summed E-state index contributed by atoms with van der Waals surface area (Å²) in [6, 6.07) is 13.6. The predicted octanol–water partition coefficient (Wildman–Crippen LogP) is 3.09. The Kier molecular flexibility index (Phi) is 3.39. The molecule has 0 saturated heterocycles. The number of hydrogen-bond acceptors (Lipinski definition) is 2. The summed E-state index contributed by atoms with van der Waals surface area (Å²) < 4.78 is 1.96. The number of rotatable bonds is 4. The lowest BCUT2D eigenvalue weighted by Gasteiger charge is -2.07. The molecule has 3 aromatic rings. The van der Waals surface area contributed by atoms with Crippen LogP contribution in [-0.2, 0) is 6.54 Å². The van der Waals surface area contributed by atoms with Crippen LogP contribution in [0.25, 0.3) is 10.9 Å². The molecule has 0 fully saturated rings. The Bertz CT molecular complexity index is 879. The predicted molar refractivity (Wildman–Crippen MR) is 81.4 cm³/mol. The summed E-state index contributed by atoms with van der Waals surface area (Å²) in [5.74, 6) is -1.91. The van der Waals surface area contributed by atoms with Gasteiger partial charge in [-0.1, -0.05) is 12.1 Å². The molecule has 2 aromatic carbocycles. The quantitative estimate of drug-likeness (QED) is 0.775. The number of carbonyl (C=O) groups is 2. The second kappa shape index (κ2) is 5.37. The van der Waals surface area contributed by atoms with Crippen LogP contribution in [0.5, 0.6) is 0 Å². The van der Waals surface area contributed by atoms with Crippen LogP contribution in [0.3, 0.4) is 0 Å². The van der Waals surface area contributed by atoms with E-state index in [0.717, 1.165) is 16.5 Å². The molecular weight excluding hydrogens is 282 g/mol. The highest BCUT2D eigenvalue weighted by atomic mass is 16.4. The minimum absolute atomic E-state index is 0.248. The van der Waals surface area contributed by atoms with E-state index in [-0.39, 0.29) is 11.1 Å². The number of aromatic carboxylic acids is 2. The lowest BCUT2D eigenvalue weighted by molar-refractivity contribution is 0.0686. The van der Waals surface area contributed by atoms with Crippen LogP contribution >= 0.6 is 0 Å². The Morgan fingerprint density at radius 2 is 1.64 bits per heavy atom. The standard InChI is InChI=1S/C17H13NO4/c19-16(20)13-3-1-2-11(8-13)10-18-7-6-12-9-14(17(21)22)4-5-15(12)18/h1-9H,10H2,(H,19,20)(H,21,22). The first-order valence-electron chi connectivity index (χ1n) is 6.69. The van der Waals surface area contributed by atoms with Gasteiger partial charge in [-0.2, -0.15) is 0 Å². The summed E-state index contributed by atoms with van der Waals surface area (Å²) in [6.07, 6.45) is 1.86. The average Bonchev–Trinajstić information content (AvgIpc) is 2.90. The number of carboxylic acids is 2. The van der Waals surface area contributed by atoms with Crippen molar-refractivity contribution in [1.82, 2.24) is 4.57 Å². The lowest BCUT2D eigenvalue weighted by atomic mass is 10.1. The Morgan fingerprint density at radius 1 is 0.909 bits per heavy atom. The summed E-state index contributed by atoms with van der Waals surface area (Å²) in [5, 5.41) is 18.9. The molecule has 22 heavy (non-hydrogen) atoms. The monoisotopic (exact) mass is 295 g/mol. The molecule has 110 valence electrons. The van der Waals surface area contributed by atoms with Crippen LogP contribution in [0.15, 0.2) is 54.7 Å². The zero-order chi connectivity index (χ0) is 15.7. The van der Waals surface area contributed by atoms with E-state index in [9.17, 15) is 9.59 Å². The van der Waals surface area contributed by atoms with Crippen LogP contribution in [0.4, 0.5) is 0 Å². The highest BCUT2D eigenvalue weighted by Crippen LogP contribution is 2.19. The van der Waals surface area contributed by atoms with Gasteiger partial charge in [-0.05, 0) is 42.0 Å². The normalized spacial score (nSPS) is 10.7. The summed E-state index contributed by atoms with van der Waals surface area (Å²) >= 11 is 0. The van der Waals surface area contributed by atoms with Crippen molar-refractivity contribution in [3.05, 3.63) is 71.4 Å². The molecule has 0 saturated carbocycles. The van der Waals surface area contributed by atoms with Crippen molar-refractivity contribution in [3.8, 4) is 0 Å². The van der Waals surface area contributed by atoms with E-state index in [1.165, 1.54) is 0 Å². The zero-order valence-corrected chi connectivity index (χ0v) is 11.6. The number of carboxylic acid groups (broad SMARTS) is 2. The molecule has 5 nitrogen and oxygen atoms in total. The van der Waals surface area contributed by atoms with Gasteiger partial charge >= 0.3 is 11.9 Å². The van der Waals surface area contributed by atoms with Crippen LogP contribution in [-0.4, -0.2) is 26.7 Å². The maximum absolute atomic E-state index is 11.0. The number of fused-ring (bicyclic) bond motifs is 1. The summed E-state index contributed by atoms with van der Waals surface area (Å²) in [5.41, 5.74) is 2.28. The van der Waals surface area contributed by atoms with Crippen molar-refractivity contribution in [1.29, 1.82) is 0 Å². The molecule has 0 spiro atoms. The molecule has 3 rings (SSSR count). The third-order valence-corrected chi connectivity index (χ3v) is 3.54. The van der Waals surface area contributed by atoms with Crippen molar-refractivity contribution in [3.63, 3.8) is 0 Å². The Balaban J connectivity index is 1.96. The van der Waals surface area contributed by atoms with Gasteiger partial charge in [0, 0.05) is 23.6 Å². The fraction of sp³-hybridized carbons (Fsp3) is 0.0588. The smallest absolute Gasteiger partial charge is 0.335 e. The molecule has 1 aromatic heterocycles. The van der Waals surface area contributed by atoms with E-state index in [4.69, 9.17) is 10.2 Å². The molecule has 0 aliphatic heterocycles. The van der Waals surface area contributed by atoms with Crippen LogP contribution in [0.2, 0.25) is 0 Å². The van der Waals surface area contributed by atoms with E-state index >= 15 is 0 Å². The van der Waals surface area contributed by atoms with Crippen LogP contribution in [0.1, 0.15) is 26.3 Å². The lowest BCUT2D eigenvalue weighted by Crippen LogP contribution is -2.02. The van der Waals surface area contributed by atoms with E-state index in [2.05, 4.69) is 0 Å². The molecular formula is C17H13NO4. The van der Waals surface area contributed by atoms with Gasteiger partial charge in [0.05, 0.1) is 11.1 Å². The van der Waals surface area contributed by atoms with Gasteiger partial charge in [-0.3, -0.25) is 0 Å². The number of benzene rings is 2. The second-order valence-corrected chi connectivity index (χ2v) is 5.03. The summed E-state index contributed by atoms with van der Waals surface area (Å²) in [6.45, 7) is 0.525. The molecule has 1 heterocycles. The Hall–Kier alpha value is -3.08. The fourth-order valence-corrected chi connectivity index (χ4v) is 2.47. The zero-order valence-electron chi connectivity index (χ0n) is 11.6. The fourth-order valence-electron chi connectivity index (χ4n) is 2.47. The van der Waals surface area contributed by atoms with Crippen molar-refractivity contribution >= 4 is 22.8 Å². The van der Waals surface area contributed by atoms with Crippen LogP contribution < -0.4 is 0 Å². The van der Waals surface area contributed by atoms with Gasteiger partial charge in [0.1, 0.15) is 0 Å². The summed E-state index contributed by atoms with van der Waals surface area (Å²) in [7, 11) is 0. The average molecular weight is 295 g/mol. The van der Waals surface area contributed by atoms with Crippen LogP contribution in [0, 0.1) is 0 Å². The van der Waals surface area contributed by atoms with Gasteiger partial charge < -0.3 is 14.8 Å². The largest absolute Gasteiger partial charge is 0.478 e. The minimum atomic E-state index is -0.955. The third kappa shape index (κ3) is 2.56. The first-order chi connectivity index (χ1) is 10.5. The van der Waals surface area contributed by atoms with Crippen molar-refractivity contribution in [2.45, 2.75) is 6.54 Å². The van der Waals surface area contributed by atoms with Gasteiger partial charge in [0.25, 0.3) is 0 Å². The minimum Gasteiger partial charge on any atom is -0.478 e. The van der Waals surface area contributed by atoms with Gasteiger partial charge in [-0.15, -0.1) is 0 Å². The van der Waals surface area contributed by atoms with E-state index in [1.54, 1.807) is 36.4 Å². The Morgan fingerprint density at radius 3 is 2.36 bits per heavy atom. The molecule has 0 radical (unpaired) electrons.